The second kappa shape index (κ2) is 8.50. The molecule has 0 saturated carbocycles. The zero-order chi connectivity index (χ0) is 19.4. The average molecular weight is 367 g/mol. The minimum absolute atomic E-state index is 0.00274. The summed E-state index contributed by atoms with van der Waals surface area (Å²) in [7, 11) is 1.55. The Labute approximate surface area is 152 Å². The Kier molecular flexibility index (Phi) is 6.60. The standard InChI is InChI=1S/C17H29N5O4/c1-10(2)6-7-18-16-19-14-13(15(24)20-17(25)21(14)5)22(16)8-12(23)9-26-11(3)4/h10-12,23H,6-9H2,1-5H3,(H,18,19)(H,20,24,25)/t12-/m1/s1. The van der Waals surface area contributed by atoms with Gasteiger partial charge in [-0.2, -0.15) is 4.98 Å². The molecule has 0 aliphatic carbocycles. The summed E-state index contributed by atoms with van der Waals surface area (Å²) in [5.74, 6) is 0.967. The number of rotatable bonds is 9. The quantitative estimate of drug-likeness (QED) is 0.600. The smallest absolute Gasteiger partial charge is 0.329 e. The van der Waals surface area contributed by atoms with Crippen molar-refractivity contribution in [1.29, 1.82) is 0 Å². The lowest BCUT2D eigenvalue weighted by molar-refractivity contribution is -0.000107. The fourth-order valence-corrected chi connectivity index (χ4v) is 2.59. The zero-order valence-electron chi connectivity index (χ0n) is 16.1. The molecule has 0 unspecified atom stereocenters. The molecule has 146 valence electrons. The third-order valence-corrected chi connectivity index (χ3v) is 4.03. The van der Waals surface area contributed by atoms with Crippen LogP contribution in [0.5, 0.6) is 0 Å². The molecular formula is C17H29N5O4. The Morgan fingerprint density at radius 3 is 2.58 bits per heavy atom. The zero-order valence-corrected chi connectivity index (χ0v) is 16.1. The number of ether oxygens (including phenoxy) is 1. The van der Waals surface area contributed by atoms with E-state index in [1.165, 1.54) is 4.57 Å². The van der Waals surface area contributed by atoms with Crippen molar-refractivity contribution in [3.05, 3.63) is 20.8 Å². The van der Waals surface area contributed by atoms with Crippen molar-refractivity contribution in [2.45, 2.75) is 52.9 Å². The van der Waals surface area contributed by atoms with Gasteiger partial charge in [-0.15, -0.1) is 0 Å². The highest BCUT2D eigenvalue weighted by molar-refractivity contribution is 5.74. The Balaban J connectivity index is 2.40. The monoisotopic (exact) mass is 367 g/mol. The van der Waals surface area contributed by atoms with E-state index >= 15 is 0 Å². The van der Waals surface area contributed by atoms with Crippen molar-refractivity contribution < 1.29 is 9.84 Å². The van der Waals surface area contributed by atoms with Crippen LogP contribution in [0.1, 0.15) is 34.1 Å². The summed E-state index contributed by atoms with van der Waals surface area (Å²) in [5, 5.41) is 13.5. The maximum atomic E-state index is 12.3. The first-order valence-electron chi connectivity index (χ1n) is 8.93. The summed E-state index contributed by atoms with van der Waals surface area (Å²) >= 11 is 0. The highest BCUT2D eigenvalue weighted by atomic mass is 16.5. The molecule has 0 bridgehead atoms. The second-order valence-corrected chi connectivity index (χ2v) is 7.18. The number of H-pyrrole nitrogens is 1. The molecular weight excluding hydrogens is 338 g/mol. The number of imidazole rings is 1. The molecule has 0 aliphatic heterocycles. The number of nitrogens with one attached hydrogen (secondary N) is 2. The van der Waals surface area contributed by atoms with Gasteiger partial charge >= 0.3 is 5.69 Å². The van der Waals surface area contributed by atoms with E-state index in [1.807, 2.05) is 13.8 Å². The first kappa shape index (κ1) is 20.2. The molecule has 0 fully saturated rings. The fourth-order valence-electron chi connectivity index (χ4n) is 2.59. The van der Waals surface area contributed by atoms with Crippen LogP contribution in [0.3, 0.4) is 0 Å². The van der Waals surface area contributed by atoms with Crippen LogP contribution in [-0.4, -0.2) is 49.6 Å². The van der Waals surface area contributed by atoms with Gasteiger partial charge in [0.25, 0.3) is 5.56 Å². The van der Waals surface area contributed by atoms with Crippen LogP contribution in [0.25, 0.3) is 11.2 Å². The summed E-state index contributed by atoms with van der Waals surface area (Å²) in [6.07, 6.45) is 0.117. The van der Waals surface area contributed by atoms with Gasteiger partial charge in [-0.1, -0.05) is 13.8 Å². The number of nitrogens with zero attached hydrogens (tertiary/aromatic N) is 3. The van der Waals surface area contributed by atoms with E-state index in [1.54, 1.807) is 11.6 Å². The predicted octanol–water partition coefficient (Wildman–Crippen LogP) is 0.667. The molecule has 2 aromatic rings. The van der Waals surface area contributed by atoms with E-state index in [4.69, 9.17) is 4.74 Å². The number of hydrogen-bond donors (Lipinski definition) is 3. The van der Waals surface area contributed by atoms with Gasteiger partial charge < -0.3 is 19.7 Å². The maximum absolute atomic E-state index is 12.3. The molecule has 0 radical (unpaired) electrons. The number of aliphatic hydroxyl groups excluding tert-OH is 1. The molecule has 2 heterocycles. The Hall–Kier alpha value is -2.13. The van der Waals surface area contributed by atoms with Gasteiger partial charge in [-0.25, -0.2) is 4.79 Å². The number of fused-ring (bicyclic) bond motifs is 1. The minimum Gasteiger partial charge on any atom is -0.389 e. The number of aliphatic hydroxyl groups is 1. The van der Waals surface area contributed by atoms with Gasteiger partial charge in [0.2, 0.25) is 5.95 Å². The molecule has 3 N–H and O–H groups in total. The van der Waals surface area contributed by atoms with Gasteiger partial charge in [-0.05, 0) is 26.2 Å². The molecule has 0 saturated heterocycles. The van der Waals surface area contributed by atoms with E-state index in [9.17, 15) is 14.7 Å². The molecule has 1 atom stereocenters. The topological polar surface area (TPSA) is 114 Å². The molecule has 0 amide bonds. The summed E-state index contributed by atoms with van der Waals surface area (Å²) in [6, 6.07) is 0. The Morgan fingerprint density at radius 2 is 1.96 bits per heavy atom. The van der Waals surface area contributed by atoms with Crippen LogP contribution in [0.15, 0.2) is 9.59 Å². The highest BCUT2D eigenvalue weighted by Gasteiger charge is 2.19. The van der Waals surface area contributed by atoms with Gasteiger partial charge in [0.05, 0.1) is 25.4 Å². The van der Waals surface area contributed by atoms with E-state index in [2.05, 4.69) is 29.1 Å². The van der Waals surface area contributed by atoms with Crippen molar-refractivity contribution in [2.24, 2.45) is 13.0 Å². The van der Waals surface area contributed by atoms with Crippen molar-refractivity contribution in [3.8, 4) is 0 Å². The lowest BCUT2D eigenvalue weighted by Crippen LogP contribution is -2.31. The van der Waals surface area contributed by atoms with E-state index in [-0.39, 0.29) is 30.4 Å². The van der Waals surface area contributed by atoms with Crippen molar-refractivity contribution in [1.82, 2.24) is 19.1 Å². The Bertz CT molecular complexity index is 849. The highest BCUT2D eigenvalue weighted by Crippen LogP contribution is 2.16. The third kappa shape index (κ3) is 4.73. The van der Waals surface area contributed by atoms with Crippen LogP contribution < -0.4 is 16.6 Å². The summed E-state index contributed by atoms with van der Waals surface area (Å²) < 4.78 is 8.35. The summed E-state index contributed by atoms with van der Waals surface area (Å²) in [6.45, 7) is 8.96. The van der Waals surface area contributed by atoms with Gasteiger partial charge in [0.15, 0.2) is 11.2 Å². The normalized spacial score (nSPS) is 13.1. The van der Waals surface area contributed by atoms with Crippen molar-refractivity contribution in [3.63, 3.8) is 0 Å². The van der Waals surface area contributed by atoms with E-state index in [0.717, 1.165) is 6.42 Å². The molecule has 9 nitrogen and oxygen atoms in total. The third-order valence-electron chi connectivity index (χ3n) is 4.03. The van der Waals surface area contributed by atoms with Gasteiger partial charge in [0, 0.05) is 13.6 Å². The molecule has 2 aromatic heterocycles. The fraction of sp³-hybridized carbons (Fsp3) is 0.706. The number of aromatic amines is 1. The molecule has 0 aromatic carbocycles. The number of aromatic nitrogens is 4. The van der Waals surface area contributed by atoms with E-state index < -0.39 is 17.4 Å². The van der Waals surface area contributed by atoms with Crippen LogP contribution >= 0.6 is 0 Å². The summed E-state index contributed by atoms with van der Waals surface area (Å²) in [4.78, 5) is 30.9. The summed E-state index contributed by atoms with van der Waals surface area (Å²) in [5.41, 5.74) is -0.514. The largest absolute Gasteiger partial charge is 0.389 e. The number of anilines is 1. The second-order valence-electron chi connectivity index (χ2n) is 7.18. The molecule has 0 spiro atoms. The lowest BCUT2D eigenvalue weighted by Gasteiger charge is -2.16. The predicted molar refractivity (Wildman–Crippen MR) is 101 cm³/mol. The molecule has 9 heteroatoms. The van der Waals surface area contributed by atoms with Gasteiger partial charge in [0.1, 0.15) is 0 Å². The molecule has 2 rings (SSSR count). The van der Waals surface area contributed by atoms with Crippen molar-refractivity contribution >= 4 is 17.1 Å². The van der Waals surface area contributed by atoms with Crippen LogP contribution in [-0.2, 0) is 18.3 Å². The average Bonchev–Trinajstić information content (AvgIpc) is 2.89. The van der Waals surface area contributed by atoms with Gasteiger partial charge in [-0.3, -0.25) is 14.3 Å². The first-order valence-corrected chi connectivity index (χ1v) is 8.93. The van der Waals surface area contributed by atoms with Crippen LogP contribution in [0, 0.1) is 5.92 Å². The molecule has 26 heavy (non-hydrogen) atoms. The van der Waals surface area contributed by atoms with Crippen LogP contribution in [0.4, 0.5) is 5.95 Å². The SMILES string of the molecule is CC(C)CCNc1nc2c(c(=O)[nH]c(=O)n2C)n1C[C@@H](O)COC(C)C. The Morgan fingerprint density at radius 1 is 1.27 bits per heavy atom. The molecule has 0 aliphatic rings. The van der Waals surface area contributed by atoms with E-state index in [0.29, 0.717) is 18.4 Å². The maximum Gasteiger partial charge on any atom is 0.329 e. The minimum atomic E-state index is -0.808. The first-order chi connectivity index (χ1) is 12.2. The lowest BCUT2D eigenvalue weighted by atomic mass is 10.1. The number of hydrogen-bond acceptors (Lipinski definition) is 6. The van der Waals surface area contributed by atoms with Crippen LogP contribution in [0.2, 0.25) is 0 Å². The van der Waals surface area contributed by atoms with Crippen molar-refractivity contribution in [2.75, 3.05) is 18.5 Å². The number of aryl methyl sites for hydroxylation is 1.